The summed E-state index contributed by atoms with van der Waals surface area (Å²) in [5, 5.41) is 7.61. The quantitative estimate of drug-likeness (QED) is 0.880. The Morgan fingerprint density at radius 3 is 2.85 bits per heavy atom. The van der Waals surface area contributed by atoms with Crippen molar-refractivity contribution in [3.63, 3.8) is 0 Å². The molecule has 0 saturated carbocycles. The van der Waals surface area contributed by atoms with Gasteiger partial charge in [-0.2, -0.15) is 5.10 Å². The van der Waals surface area contributed by atoms with Gasteiger partial charge in [0.25, 0.3) is 0 Å². The minimum absolute atomic E-state index is 0.856. The van der Waals surface area contributed by atoms with E-state index in [1.807, 2.05) is 17.9 Å². The van der Waals surface area contributed by atoms with E-state index in [1.54, 1.807) is 0 Å². The standard InChI is InChI=1S/C15H21BrN4/c1-4-17-9-13-7-14(16)5-6-15(13)19(2)10-12-8-18-20(3)11-12/h5-8,11,17H,4,9-10H2,1-3H3. The number of rotatable bonds is 6. The Labute approximate surface area is 128 Å². The molecule has 1 aromatic heterocycles. The summed E-state index contributed by atoms with van der Waals surface area (Å²) in [6.45, 7) is 4.83. The van der Waals surface area contributed by atoms with Gasteiger partial charge < -0.3 is 10.2 Å². The van der Waals surface area contributed by atoms with Gasteiger partial charge in [0, 0.05) is 49.1 Å². The summed E-state index contributed by atoms with van der Waals surface area (Å²) in [4.78, 5) is 2.26. The number of hydrogen-bond donors (Lipinski definition) is 1. The Balaban J connectivity index is 2.17. The SMILES string of the molecule is CCNCc1cc(Br)ccc1N(C)Cc1cnn(C)c1. The molecule has 0 aliphatic carbocycles. The first-order valence-electron chi connectivity index (χ1n) is 6.78. The van der Waals surface area contributed by atoms with Gasteiger partial charge in [0.05, 0.1) is 6.20 Å². The smallest absolute Gasteiger partial charge is 0.0539 e. The third-order valence-electron chi connectivity index (χ3n) is 3.20. The fourth-order valence-corrected chi connectivity index (χ4v) is 2.65. The van der Waals surface area contributed by atoms with Crippen molar-refractivity contribution in [1.82, 2.24) is 15.1 Å². The lowest BCUT2D eigenvalue weighted by atomic mass is 10.1. The maximum atomic E-state index is 4.22. The molecule has 5 heteroatoms. The molecule has 20 heavy (non-hydrogen) atoms. The zero-order chi connectivity index (χ0) is 14.5. The summed E-state index contributed by atoms with van der Waals surface area (Å²) in [5.41, 5.74) is 3.76. The van der Waals surface area contributed by atoms with Crippen LogP contribution in [0.1, 0.15) is 18.1 Å². The first-order chi connectivity index (χ1) is 9.60. The summed E-state index contributed by atoms with van der Waals surface area (Å²) in [6, 6.07) is 6.43. The maximum Gasteiger partial charge on any atom is 0.0539 e. The number of anilines is 1. The van der Waals surface area contributed by atoms with Crippen molar-refractivity contribution in [2.24, 2.45) is 7.05 Å². The van der Waals surface area contributed by atoms with Crippen LogP contribution >= 0.6 is 15.9 Å². The fourth-order valence-electron chi connectivity index (χ4n) is 2.24. The zero-order valence-electron chi connectivity index (χ0n) is 12.2. The molecule has 0 aliphatic heterocycles. The highest BCUT2D eigenvalue weighted by molar-refractivity contribution is 9.10. The minimum Gasteiger partial charge on any atom is -0.370 e. The molecule has 108 valence electrons. The van der Waals surface area contributed by atoms with Crippen molar-refractivity contribution in [2.45, 2.75) is 20.0 Å². The predicted molar refractivity (Wildman–Crippen MR) is 86.8 cm³/mol. The van der Waals surface area contributed by atoms with Gasteiger partial charge in [-0.25, -0.2) is 0 Å². The number of nitrogens with one attached hydrogen (secondary N) is 1. The minimum atomic E-state index is 0.856. The molecule has 2 rings (SSSR count). The van der Waals surface area contributed by atoms with E-state index in [1.165, 1.54) is 16.8 Å². The monoisotopic (exact) mass is 336 g/mol. The summed E-state index contributed by atoms with van der Waals surface area (Å²) < 4.78 is 2.95. The Morgan fingerprint density at radius 1 is 1.40 bits per heavy atom. The van der Waals surface area contributed by atoms with Crippen LogP contribution in [0, 0.1) is 0 Å². The van der Waals surface area contributed by atoms with Crippen LogP contribution in [0.25, 0.3) is 0 Å². The van der Waals surface area contributed by atoms with Gasteiger partial charge in [0.15, 0.2) is 0 Å². The van der Waals surface area contributed by atoms with Crippen molar-refractivity contribution in [2.75, 3.05) is 18.5 Å². The molecular formula is C15H21BrN4. The van der Waals surface area contributed by atoms with Crippen molar-refractivity contribution in [1.29, 1.82) is 0 Å². The molecule has 0 fully saturated rings. The highest BCUT2D eigenvalue weighted by Gasteiger charge is 2.09. The molecule has 1 N–H and O–H groups in total. The Kier molecular flexibility index (Phi) is 5.20. The van der Waals surface area contributed by atoms with E-state index in [9.17, 15) is 0 Å². The molecule has 0 saturated heterocycles. The molecule has 0 radical (unpaired) electrons. The third kappa shape index (κ3) is 3.84. The lowest BCUT2D eigenvalue weighted by Gasteiger charge is -2.22. The summed E-state index contributed by atoms with van der Waals surface area (Å²) in [5.74, 6) is 0. The number of halogens is 1. The van der Waals surface area contributed by atoms with Gasteiger partial charge in [-0.1, -0.05) is 22.9 Å². The summed E-state index contributed by atoms with van der Waals surface area (Å²) >= 11 is 3.55. The molecule has 0 unspecified atom stereocenters. The van der Waals surface area contributed by atoms with Crippen LogP contribution in [-0.2, 0) is 20.1 Å². The summed E-state index contributed by atoms with van der Waals surface area (Å²) in [6.07, 6.45) is 3.97. The highest BCUT2D eigenvalue weighted by Crippen LogP contribution is 2.25. The number of benzene rings is 1. The van der Waals surface area contributed by atoms with Crippen LogP contribution < -0.4 is 10.2 Å². The predicted octanol–water partition coefficient (Wildman–Crippen LogP) is 2.93. The van der Waals surface area contributed by atoms with E-state index in [2.05, 4.69) is 69.6 Å². The van der Waals surface area contributed by atoms with Gasteiger partial charge in [0.2, 0.25) is 0 Å². The molecule has 0 bridgehead atoms. The molecule has 0 spiro atoms. The highest BCUT2D eigenvalue weighted by atomic mass is 79.9. The second-order valence-corrected chi connectivity index (χ2v) is 5.85. The van der Waals surface area contributed by atoms with Crippen LogP contribution in [0.2, 0.25) is 0 Å². The lowest BCUT2D eigenvalue weighted by Crippen LogP contribution is -2.20. The van der Waals surface area contributed by atoms with E-state index >= 15 is 0 Å². The molecule has 0 aliphatic rings. The molecule has 0 amide bonds. The van der Waals surface area contributed by atoms with Crippen LogP contribution in [0.4, 0.5) is 5.69 Å². The first kappa shape index (κ1) is 15.1. The largest absolute Gasteiger partial charge is 0.370 e. The molecule has 1 aromatic carbocycles. The number of aryl methyl sites for hydroxylation is 1. The Bertz CT molecular complexity index is 565. The number of nitrogens with zero attached hydrogens (tertiary/aromatic N) is 3. The van der Waals surface area contributed by atoms with Crippen molar-refractivity contribution >= 4 is 21.6 Å². The number of aromatic nitrogens is 2. The van der Waals surface area contributed by atoms with Gasteiger partial charge in [-0.15, -0.1) is 0 Å². The van der Waals surface area contributed by atoms with Crippen LogP contribution in [0.15, 0.2) is 35.1 Å². The molecule has 2 aromatic rings. The first-order valence-corrected chi connectivity index (χ1v) is 7.57. The third-order valence-corrected chi connectivity index (χ3v) is 3.69. The van der Waals surface area contributed by atoms with Crippen molar-refractivity contribution < 1.29 is 0 Å². The van der Waals surface area contributed by atoms with Gasteiger partial charge in [0.1, 0.15) is 0 Å². The van der Waals surface area contributed by atoms with E-state index < -0.39 is 0 Å². The second-order valence-electron chi connectivity index (χ2n) is 4.93. The zero-order valence-corrected chi connectivity index (χ0v) is 13.8. The molecule has 0 atom stereocenters. The summed E-state index contributed by atoms with van der Waals surface area (Å²) in [7, 11) is 4.06. The molecular weight excluding hydrogens is 316 g/mol. The fraction of sp³-hybridized carbons (Fsp3) is 0.400. The van der Waals surface area contributed by atoms with Crippen LogP contribution in [-0.4, -0.2) is 23.4 Å². The van der Waals surface area contributed by atoms with E-state index in [0.29, 0.717) is 0 Å². The normalized spacial score (nSPS) is 10.8. The van der Waals surface area contributed by atoms with Crippen molar-refractivity contribution in [3.05, 3.63) is 46.2 Å². The van der Waals surface area contributed by atoms with Gasteiger partial charge >= 0.3 is 0 Å². The average Bonchev–Trinajstić information content (AvgIpc) is 2.81. The van der Waals surface area contributed by atoms with Crippen LogP contribution in [0.5, 0.6) is 0 Å². The van der Waals surface area contributed by atoms with Crippen LogP contribution in [0.3, 0.4) is 0 Å². The van der Waals surface area contributed by atoms with Gasteiger partial charge in [-0.3, -0.25) is 4.68 Å². The Morgan fingerprint density at radius 2 is 2.20 bits per heavy atom. The lowest BCUT2D eigenvalue weighted by molar-refractivity contribution is 0.722. The molecule has 1 heterocycles. The van der Waals surface area contributed by atoms with Crippen molar-refractivity contribution in [3.8, 4) is 0 Å². The van der Waals surface area contributed by atoms with E-state index in [0.717, 1.165) is 24.1 Å². The van der Waals surface area contributed by atoms with E-state index in [4.69, 9.17) is 0 Å². The Hall–Kier alpha value is -1.33. The topological polar surface area (TPSA) is 33.1 Å². The van der Waals surface area contributed by atoms with Gasteiger partial charge in [-0.05, 0) is 30.3 Å². The average molecular weight is 337 g/mol. The maximum absolute atomic E-state index is 4.22. The second kappa shape index (κ2) is 6.90. The van der Waals surface area contributed by atoms with E-state index in [-0.39, 0.29) is 0 Å². The number of hydrogen-bond acceptors (Lipinski definition) is 3. The molecule has 4 nitrogen and oxygen atoms in total.